The maximum absolute atomic E-state index is 13.2. The van der Waals surface area contributed by atoms with Gasteiger partial charge in [-0.3, -0.25) is 14.5 Å². The van der Waals surface area contributed by atoms with Crippen molar-refractivity contribution in [1.82, 2.24) is 14.7 Å². The molecule has 1 unspecified atom stereocenters. The standard InChI is InChI=1S/C25H23F6N3O5/c1-38-19-5-3-2-4-16(19)11-32-12-20-33(7-6-21(35)34(20)13-22(32)36)23(37)39-14-15-8-17(24(26,27)28)10-18(9-15)25(29,30)31/h2-5,8-10,20H,6-7,11-14H2,1H3. The number of benzene rings is 2. The Balaban J connectivity index is 1.51. The van der Waals surface area contributed by atoms with Crippen molar-refractivity contribution in [3.05, 3.63) is 64.7 Å². The Bertz CT molecular complexity index is 1230. The molecular formula is C25H23F6N3O5. The average Bonchev–Trinajstić information content (AvgIpc) is 2.87. The van der Waals surface area contributed by atoms with Crippen molar-refractivity contribution in [3.63, 3.8) is 0 Å². The van der Waals surface area contributed by atoms with Gasteiger partial charge in [-0.2, -0.15) is 26.3 Å². The van der Waals surface area contributed by atoms with E-state index >= 15 is 0 Å². The second kappa shape index (κ2) is 10.7. The van der Waals surface area contributed by atoms with Crippen molar-refractivity contribution in [2.24, 2.45) is 0 Å². The van der Waals surface area contributed by atoms with Gasteiger partial charge in [-0.1, -0.05) is 18.2 Å². The molecule has 0 aliphatic carbocycles. The quantitative estimate of drug-likeness (QED) is 0.512. The van der Waals surface area contributed by atoms with Crippen LogP contribution in [0.3, 0.4) is 0 Å². The summed E-state index contributed by atoms with van der Waals surface area (Å²) in [5.41, 5.74) is -2.89. The van der Waals surface area contributed by atoms with Crippen LogP contribution >= 0.6 is 0 Å². The summed E-state index contributed by atoms with van der Waals surface area (Å²) in [7, 11) is 1.47. The van der Waals surface area contributed by atoms with E-state index < -0.39 is 47.9 Å². The molecule has 210 valence electrons. The van der Waals surface area contributed by atoms with Gasteiger partial charge in [0.25, 0.3) is 0 Å². The maximum Gasteiger partial charge on any atom is 0.416 e. The van der Waals surface area contributed by atoms with Gasteiger partial charge in [-0.05, 0) is 29.8 Å². The predicted octanol–water partition coefficient (Wildman–Crippen LogP) is 4.27. The van der Waals surface area contributed by atoms with Gasteiger partial charge in [-0.15, -0.1) is 0 Å². The largest absolute Gasteiger partial charge is 0.496 e. The highest BCUT2D eigenvalue weighted by molar-refractivity contribution is 5.88. The zero-order valence-electron chi connectivity index (χ0n) is 20.5. The minimum Gasteiger partial charge on any atom is -0.496 e. The topological polar surface area (TPSA) is 79.4 Å². The first kappa shape index (κ1) is 28.0. The lowest BCUT2D eigenvalue weighted by atomic mass is 10.1. The van der Waals surface area contributed by atoms with Gasteiger partial charge in [0.2, 0.25) is 11.8 Å². The van der Waals surface area contributed by atoms with Crippen LogP contribution in [0.15, 0.2) is 42.5 Å². The molecule has 2 aliphatic heterocycles. The summed E-state index contributed by atoms with van der Waals surface area (Å²) in [6, 6.07) is 7.90. The van der Waals surface area contributed by atoms with E-state index in [1.807, 2.05) is 0 Å². The van der Waals surface area contributed by atoms with Crippen LogP contribution in [0.1, 0.15) is 28.7 Å². The number of fused-ring (bicyclic) bond motifs is 1. The summed E-state index contributed by atoms with van der Waals surface area (Å²) in [6.07, 6.45) is -12.2. The molecule has 0 saturated carbocycles. The van der Waals surface area contributed by atoms with E-state index in [1.54, 1.807) is 24.3 Å². The molecule has 14 heteroatoms. The molecular weight excluding hydrogens is 536 g/mol. The van der Waals surface area contributed by atoms with Crippen LogP contribution in [0.5, 0.6) is 5.75 Å². The first-order valence-corrected chi connectivity index (χ1v) is 11.7. The van der Waals surface area contributed by atoms with E-state index in [9.17, 15) is 40.7 Å². The van der Waals surface area contributed by atoms with Crippen LogP contribution in [0.2, 0.25) is 0 Å². The first-order chi connectivity index (χ1) is 18.3. The number of rotatable bonds is 5. The van der Waals surface area contributed by atoms with Crippen molar-refractivity contribution >= 4 is 17.9 Å². The summed E-state index contributed by atoms with van der Waals surface area (Å²) in [4.78, 5) is 42.0. The van der Waals surface area contributed by atoms with E-state index in [0.717, 1.165) is 4.90 Å². The zero-order chi connectivity index (χ0) is 28.5. The van der Waals surface area contributed by atoms with Crippen LogP contribution in [-0.4, -0.2) is 65.5 Å². The van der Waals surface area contributed by atoms with E-state index in [2.05, 4.69) is 0 Å². The molecule has 0 radical (unpaired) electrons. The molecule has 4 rings (SSSR count). The second-order valence-electron chi connectivity index (χ2n) is 9.00. The summed E-state index contributed by atoms with van der Waals surface area (Å²) in [6.45, 7) is -1.25. The molecule has 2 fully saturated rings. The van der Waals surface area contributed by atoms with E-state index in [4.69, 9.17) is 9.47 Å². The second-order valence-corrected chi connectivity index (χ2v) is 9.00. The number of nitrogens with zero attached hydrogens (tertiary/aromatic N) is 3. The normalized spacial score (nSPS) is 18.2. The number of hydrogen-bond acceptors (Lipinski definition) is 5. The molecule has 2 aliphatic rings. The van der Waals surface area contributed by atoms with Gasteiger partial charge in [0.1, 0.15) is 25.1 Å². The third-order valence-corrected chi connectivity index (χ3v) is 6.45. The fourth-order valence-corrected chi connectivity index (χ4v) is 4.51. The monoisotopic (exact) mass is 559 g/mol. The van der Waals surface area contributed by atoms with Crippen molar-refractivity contribution in [1.29, 1.82) is 0 Å². The van der Waals surface area contributed by atoms with Crippen molar-refractivity contribution in [2.45, 2.75) is 38.1 Å². The van der Waals surface area contributed by atoms with Crippen LogP contribution in [-0.2, 0) is 39.8 Å². The van der Waals surface area contributed by atoms with Gasteiger partial charge < -0.3 is 19.3 Å². The summed E-state index contributed by atoms with van der Waals surface area (Å²) < 4.78 is 89.4. The molecule has 3 amide bonds. The van der Waals surface area contributed by atoms with Gasteiger partial charge in [-0.25, -0.2) is 4.79 Å². The lowest BCUT2D eigenvalue weighted by molar-refractivity contribution is -0.160. The Kier molecular flexibility index (Phi) is 7.66. The number of alkyl halides is 6. The fourth-order valence-electron chi connectivity index (χ4n) is 4.51. The lowest BCUT2D eigenvalue weighted by Gasteiger charge is -2.48. The van der Waals surface area contributed by atoms with Gasteiger partial charge in [0, 0.05) is 25.1 Å². The number of amides is 3. The Hall–Kier alpha value is -3.97. The maximum atomic E-state index is 13.2. The van der Waals surface area contributed by atoms with Crippen molar-refractivity contribution < 1.29 is 50.2 Å². The SMILES string of the molecule is COc1ccccc1CN1CC2N(CC1=O)C(=O)CCN2C(=O)OCc1cc(C(F)(F)F)cc(C(F)(F)F)c1. The Morgan fingerprint density at radius 2 is 1.62 bits per heavy atom. The van der Waals surface area contributed by atoms with Crippen LogP contribution < -0.4 is 4.74 Å². The van der Waals surface area contributed by atoms with Gasteiger partial charge in [0.15, 0.2) is 0 Å². The highest BCUT2D eigenvalue weighted by atomic mass is 19.4. The van der Waals surface area contributed by atoms with Gasteiger partial charge >= 0.3 is 18.4 Å². The Morgan fingerprint density at radius 3 is 2.23 bits per heavy atom. The molecule has 2 saturated heterocycles. The van der Waals surface area contributed by atoms with E-state index in [1.165, 1.54) is 16.9 Å². The molecule has 0 bridgehead atoms. The number of carbonyl (C=O) groups excluding carboxylic acids is 3. The molecule has 2 aromatic carbocycles. The van der Waals surface area contributed by atoms with Crippen LogP contribution in [0, 0.1) is 0 Å². The Morgan fingerprint density at radius 1 is 0.974 bits per heavy atom. The number of hydrogen-bond donors (Lipinski definition) is 0. The molecule has 39 heavy (non-hydrogen) atoms. The molecule has 0 spiro atoms. The number of methoxy groups -OCH3 is 1. The average molecular weight is 559 g/mol. The highest BCUT2D eigenvalue weighted by Gasteiger charge is 2.44. The zero-order valence-corrected chi connectivity index (χ0v) is 20.5. The number of halogens is 6. The van der Waals surface area contributed by atoms with E-state index in [-0.39, 0.29) is 50.5 Å². The minimum atomic E-state index is -5.05. The molecule has 8 nitrogen and oxygen atoms in total. The molecule has 2 aromatic rings. The number of piperazine rings is 1. The predicted molar refractivity (Wildman–Crippen MR) is 122 cm³/mol. The minimum absolute atomic E-state index is 0.0190. The smallest absolute Gasteiger partial charge is 0.416 e. The first-order valence-electron chi connectivity index (χ1n) is 11.7. The summed E-state index contributed by atoms with van der Waals surface area (Å²) in [5, 5.41) is 0. The molecule has 1 atom stereocenters. The van der Waals surface area contributed by atoms with Crippen LogP contribution in [0.4, 0.5) is 31.1 Å². The molecule has 0 aromatic heterocycles. The third-order valence-electron chi connectivity index (χ3n) is 6.45. The van der Waals surface area contributed by atoms with Crippen LogP contribution in [0.25, 0.3) is 0 Å². The Labute approximate surface area is 218 Å². The van der Waals surface area contributed by atoms with Gasteiger partial charge in [0.05, 0.1) is 24.8 Å². The number of para-hydroxylation sites is 1. The summed E-state index contributed by atoms with van der Waals surface area (Å²) in [5.74, 6) is -0.213. The molecule has 0 N–H and O–H groups in total. The molecule has 2 heterocycles. The highest BCUT2D eigenvalue weighted by Crippen LogP contribution is 2.36. The fraction of sp³-hybridized carbons (Fsp3) is 0.400. The van der Waals surface area contributed by atoms with E-state index in [0.29, 0.717) is 23.4 Å². The third kappa shape index (κ3) is 6.20. The lowest BCUT2D eigenvalue weighted by Crippen LogP contribution is -2.67. The number of carbonyl (C=O) groups is 3. The number of ether oxygens (including phenoxy) is 2. The van der Waals surface area contributed by atoms with Crippen molar-refractivity contribution in [2.75, 3.05) is 26.7 Å². The summed E-state index contributed by atoms with van der Waals surface area (Å²) >= 11 is 0. The van der Waals surface area contributed by atoms with Crippen molar-refractivity contribution in [3.8, 4) is 5.75 Å².